The topological polar surface area (TPSA) is 38.5 Å². The van der Waals surface area contributed by atoms with Gasteiger partial charge in [-0.1, -0.05) is 6.07 Å². The fourth-order valence-electron chi connectivity index (χ4n) is 1.37. The van der Waals surface area contributed by atoms with Crippen LogP contribution in [-0.4, -0.2) is 32.1 Å². The average Bonchev–Trinajstić information content (AvgIpc) is 2.21. The van der Waals surface area contributed by atoms with Crippen molar-refractivity contribution in [2.75, 3.05) is 27.2 Å². The fraction of sp³-hybridized carbons (Fsp3) is 0.455. The van der Waals surface area contributed by atoms with Gasteiger partial charge in [0.25, 0.3) is 0 Å². The molecule has 0 aliphatic rings. The minimum Gasteiger partial charge on any atom is -0.497 e. The normalized spacial score (nSPS) is 10.7. The predicted molar refractivity (Wildman–Crippen MR) is 58.3 cm³/mol. The molecule has 0 aromatic heterocycles. The zero-order valence-electron chi connectivity index (χ0n) is 9.16. The second-order valence-electron chi connectivity index (χ2n) is 3.48. The number of halogens is 1. The van der Waals surface area contributed by atoms with Crippen molar-refractivity contribution in [1.29, 1.82) is 0 Å². The van der Waals surface area contributed by atoms with Crippen LogP contribution in [0.15, 0.2) is 18.2 Å². The fourth-order valence-corrected chi connectivity index (χ4v) is 1.37. The molecule has 15 heavy (non-hydrogen) atoms. The first-order chi connectivity index (χ1) is 7.17. The Morgan fingerprint density at radius 1 is 1.47 bits per heavy atom. The van der Waals surface area contributed by atoms with Crippen molar-refractivity contribution in [3.05, 3.63) is 29.6 Å². The van der Waals surface area contributed by atoms with Crippen LogP contribution in [0.3, 0.4) is 0 Å². The molecular weight excluding hydrogens is 195 g/mol. The maximum atomic E-state index is 13.5. The summed E-state index contributed by atoms with van der Waals surface area (Å²) in [5.41, 5.74) is 6.07. The Labute approximate surface area is 89.6 Å². The van der Waals surface area contributed by atoms with Crippen LogP contribution in [0.2, 0.25) is 0 Å². The highest BCUT2D eigenvalue weighted by Crippen LogP contribution is 2.17. The number of likely N-dealkylation sites (N-methyl/N-ethyl adjacent to an activating group) is 1. The number of nitrogens with zero attached hydrogens (tertiary/aromatic N) is 1. The van der Waals surface area contributed by atoms with Crippen molar-refractivity contribution in [3.8, 4) is 5.75 Å². The van der Waals surface area contributed by atoms with Crippen LogP contribution in [-0.2, 0) is 6.54 Å². The molecule has 1 aromatic rings. The second kappa shape index (κ2) is 5.68. The summed E-state index contributed by atoms with van der Waals surface area (Å²) in [4.78, 5) is 1.98. The summed E-state index contributed by atoms with van der Waals surface area (Å²) in [6.45, 7) is 1.90. The van der Waals surface area contributed by atoms with Gasteiger partial charge in [0, 0.05) is 31.3 Å². The molecule has 0 aliphatic carbocycles. The number of methoxy groups -OCH3 is 1. The molecule has 0 saturated heterocycles. The molecule has 0 spiro atoms. The highest BCUT2D eigenvalue weighted by atomic mass is 19.1. The van der Waals surface area contributed by atoms with Gasteiger partial charge in [-0.05, 0) is 13.1 Å². The van der Waals surface area contributed by atoms with Crippen molar-refractivity contribution in [2.24, 2.45) is 5.73 Å². The van der Waals surface area contributed by atoms with E-state index in [0.717, 1.165) is 6.54 Å². The lowest BCUT2D eigenvalue weighted by molar-refractivity contribution is 0.329. The van der Waals surface area contributed by atoms with Crippen LogP contribution in [0.25, 0.3) is 0 Å². The maximum absolute atomic E-state index is 13.5. The van der Waals surface area contributed by atoms with E-state index in [2.05, 4.69) is 0 Å². The Bertz CT molecular complexity index is 317. The smallest absolute Gasteiger partial charge is 0.131 e. The minimum absolute atomic E-state index is 0.238. The van der Waals surface area contributed by atoms with Crippen LogP contribution in [0.1, 0.15) is 5.56 Å². The third-order valence-corrected chi connectivity index (χ3v) is 2.21. The van der Waals surface area contributed by atoms with E-state index in [0.29, 0.717) is 24.4 Å². The van der Waals surface area contributed by atoms with Gasteiger partial charge >= 0.3 is 0 Å². The lowest BCUT2D eigenvalue weighted by Crippen LogP contribution is -2.25. The molecule has 0 unspecified atom stereocenters. The number of benzene rings is 1. The van der Waals surface area contributed by atoms with Gasteiger partial charge in [0.05, 0.1) is 7.11 Å². The van der Waals surface area contributed by atoms with E-state index in [1.54, 1.807) is 12.1 Å². The van der Waals surface area contributed by atoms with Gasteiger partial charge in [-0.15, -0.1) is 0 Å². The monoisotopic (exact) mass is 212 g/mol. The first kappa shape index (κ1) is 11.9. The van der Waals surface area contributed by atoms with Gasteiger partial charge in [0.1, 0.15) is 11.6 Å². The van der Waals surface area contributed by atoms with Crippen LogP contribution in [0, 0.1) is 5.82 Å². The third kappa shape index (κ3) is 3.49. The molecule has 3 nitrogen and oxygen atoms in total. The van der Waals surface area contributed by atoms with Crippen molar-refractivity contribution in [3.63, 3.8) is 0 Å². The highest BCUT2D eigenvalue weighted by molar-refractivity contribution is 5.28. The third-order valence-electron chi connectivity index (χ3n) is 2.21. The number of rotatable bonds is 5. The number of ether oxygens (including phenoxy) is 1. The van der Waals surface area contributed by atoms with Crippen molar-refractivity contribution >= 4 is 0 Å². The van der Waals surface area contributed by atoms with Gasteiger partial charge < -0.3 is 15.4 Å². The zero-order valence-corrected chi connectivity index (χ0v) is 9.16. The van der Waals surface area contributed by atoms with Gasteiger partial charge in [-0.25, -0.2) is 4.39 Å². The molecule has 4 heteroatoms. The quantitative estimate of drug-likeness (QED) is 0.797. The summed E-state index contributed by atoms with van der Waals surface area (Å²) < 4.78 is 18.4. The van der Waals surface area contributed by atoms with Crippen LogP contribution < -0.4 is 10.5 Å². The molecule has 0 saturated carbocycles. The van der Waals surface area contributed by atoms with Gasteiger partial charge in [-0.3, -0.25) is 0 Å². The molecule has 2 N–H and O–H groups in total. The molecule has 0 aliphatic heterocycles. The summed E-state index contributed by atoms with van der Waals surface area (Å²) >= 11 is 0. The predicted octanol–water partition coefficient (Wildman–Crippen LogP) is 1.22. The highest BCUT2D eigenvalue weighted by Gasteiger charge is 2.06. The number of hydrogen-bond acceptors (Lipinski definition) is 3. The van der Waals surface area contributed by atoms with E-state index in [-0.39, 0.29) is 5.82 Å². The molecule has 0 heterocycles. The van der Waals surface area contributed by atoms with Crippen molar-refractivity contribution < 1.29 is 9.13 Å². The van der Waals surface area contributed by atoms with E-state index >= 15 is 0 Å². The van der Waals surface area contributed by atoms with Gasteiger partial charge in [0.15, 0.2) is 0 Å². The molecule has 1 rings (SSSR count). The summed E-state index contributed by atoms with van der Waals surface area (Å²) in [6, 6.07) is 4.89. The molecule has 0 amide bonds. The molecule has 0 radical (unpaired) electrons. The molecule has 0 atom stereocenters. The first-order valence-corrected chi connectivity index (χ1v) is 4.88. The Balaban J connectivity index is 2.69. The molecule has 84 valence electrons. The summed E-state index contributed by atoms with van der Waals surface area (Å²) in [5, 5.41) is 0. The zero-order chi connectivity index (χ0) is 11.3. The number of nitrogens with two attached hydrogens (primary N) is 1. The summed E-state index contributed by atoms with van der Waals surface area (Å²) in [7, 11) is 3.44. The van der Waals surface area contributed by atoms with E-state index in [1.807, 2.05) is 11.9 Å². The van der Waals surface area contributed by atoms with E-state index in [4.69, 9.17) is 10.5 Å². The van der Waals surface area contributed by atoms with Crippen molar-refractivity contribution in [1.82, 2.24) is 4.90 Å². The molecule has 0 bridgehead atoms. The minimum atomic E-state index is -0.238. The van der Waals surface area contributed by atoms with Crippen molar-refractivity contribution in [2.45, 2.75) is 6.54 Å². The molecule has 1 aromatic carbocycles. The Morgan fingerprint density at radius 3 is 2.73 bits per heavy atom. The molecule has 0 fully saturated rings. The Kier molecular flexibility index (Phi) is 4.52. The van der Waals surface area contributed by atoms with Crippen LogP contribution in [0.4, 0.5) is 4.39 Å². The second-order valence-corrected chi connectivity index (χ2v) is 3.48. The lowest BCUT2D eigenvalue weighted by atomic mass is 10.2. The van der Waals surface area contributed by atoms with Crippen LogP contribution in [0.5, 0.6) is 5.75 Å². The van der Waals surface area contributed by atoms with E-state index in [1.165, 1.54) is 13.2 Å². The lowest BCUT2D eigenvalue weighted by Gasteiger charge is -2.16. The SMILES string of the molecule is COc1ccc(CN(C)CCN)c(F)c1. The largest absolute Gasteiger partial charge is 0.497 e. The Hall–Kier alpha value is -1.13. The Morgan fingerprint density at radius 2 is 2.20 bits per heavy atom. The summed E-state index contributed by atoms with van der Waals surface area (Å²) in [5.74, 6) is 0.302. The van der Waals surface area contributed by atoms with Gasteiger partial charge in [0.2, 0.25) is 0 Å². The number of hydrogen-bond donors (Lipinski definition) is 1. The van der Waals surface area contributed by atoms with Gasteiger partial charge in [-0.2, -0.15) is 0 Å². The first-order valence-electron chi connectivity index (χ1n) is 4.88. The summed E-state index contributed by atoms with van der Waals surface area (Å²) in [6.07, 6.45) is 0. The standard InChI is InChI=1S/C11H17FN2O/c1-14(6-5-13)8-9-3-4-10(15-2)7-11(9)12/h3-4,7H,5-6,8,13H2,1-2H3. The van der Waals surface area contributed by atoms with E-state index in [9.17, 15) is 4.39 Å². The average molecular weight is 212 g/mol. The van der Waals surface area contributed by atoms with E-state index < -0.39 is 0 Å². The maximum Gasteiger partial charge on any atom is 0.131 e. The molecular formula is C11H17FN2O. The van der Waals surface area contributed by atoms with Crippen LogP contribution >= 0.6 is 0 Å².